The number of ether oxygens (including phenoxy) is 1. The van der Waals surface area contributed by atoms with Gasteiger partial charge < -0.3 is 9.30 Å². The number of benzene rings is 1. The smallest absolute Gasteiger partial charge is 0.354 e. The molecule has 1 aromatic carbocycles. The molecular weight excluding hydrogens is 424 g/mol. The first-order valence-corrected chi connectivity index (χ1v) is 12.9. The lowest BCUT2D eigenvalue weighted by molar-refractivity contribution is -0.136. The van der Waals surface area contributed by atoms with E-state index in [1.54, 1.807) is 12.1 Å². The third kappa shape index (κ3) is 2.71. The molecule has 0 bridgehead atoms. The Morgan fingerprint density at radius 3 is 2.80 bits per heavy atom. The average molecular weight is 449 g/mol. The minimum atomic E-state index is -3.84. The molecule has 1 fully saturated rings. The molecule has 0 spiro atoms. The molecule has 0 saturated carbocycles. The molecule has 2 atom stereocenters. The summed E-state index contributed by atoms with van der Waals surface area (Å²) in [7, 11) is 1.80. The van der Waals surface area contributed by atoms with E-state index >= 15 is 0 Å². The van der Waals surface area contributed by atoms with Gasteiger partial charge in [-0.05, 0) is 69.0 Å². The van der Waals surface area contributed by atoms with E-state index in [1.165, 1.54) is 6.07 Å². The van der Waals surface area contributed by atoms with Crippen molar-refractivity contribution in [3.05, 3.63) is 35.5 Å². The summed E-state index contributed by atoms with van der Waals surface area (Å²) in [6, 6.07) is 5.12. The van der Waals surface area contributed by atoms with Crippen LogP contribution >= 0.6 is 10.7 Å². The second-order valence-electron chi connectivity index (χ2n) is 8.44. The Morgan fingerprint density at radius 1 is 1.30 bits per heavy atom. The third-order valence-corrected chi connectivity index (χ3v) is 8.43. The lowest BCUT2D eigenvalue weighted by atomic mass is 9.66. The Balaban J connectivity index is 1.85. The molecule has 0 unspecified atom stereocenters. The van der Waals surface area contributed by atoms with Crippen LogP contribution in [0.15, 0.2) is 29.2 Å². The fraction of sp³-hybridized carbons (Fsp3) is 0.500. The van der Waals surface area contributed by atoms with Gasteiger partial charge in [-0.3, -0.25) is 4.90 Å². The van der Waals surface area contributed by atoms with E-state index in [0.717, 1.165) is 60.9 Å². The van der Waals surface area contributed by atoms with Crippen LogP contribution in [0.5, 0.6) is 0 Å². The molecule has 3 aliphatic rings. The first-order chi connectivity index (χ1) is 14.3. The number of esters is 1. The van der Waals surface area contributed by atoms with Crippen molar-refractivity contribution in [2.75, 3.05) is 19.7 Å². The lowest BCUT2D eigenvalue weighted by Gasteiger charge is -2.53. The van der Waals surface area contributed by atoms with Crippen molar-refractivity contribution in [2.45, 2.75) is 50.5 Å². The number of nitrogens with zero attached hydrogens (tertiary/aromatic N) is 2. The van der Waals surface area contributed by atoms with E-state index in [1.807, 2.05) is 11.5 Å². The van der Waals surface area contributed by atoms with Crippen LogP contribution in [-0.2, 0) is 25.0 Å². The number of carbonyl (C=O) groups excluding carboxylic acids is 1. The summed E-state index contributed by atoms with van der Waals surface area (Å²) in [6.45, 7) is 6.27. The van der Waals surface area contributed by atoms with Gasteiger partial charge in [-0.2, -0.15) is 0 Å². The fourth-order valence-corrected chi connectivity index (χ4v) is 6.59. The van der Waals surface area contributed by atoms with Gasteiger partial charge in [-0.1, -0.05) is 6.92 Å². The molecule has 0 amide bonds. The Labute approximate surface area is 180 Å². The van der Waals surface area contributed by atoms with Crippen LogP contribution in [0, 0.1) is 5.41 Å². The quantitative estimate of drug-likeness (QED) is 0.520. The number of hydrogen-bond acceptors (Lipinski definition) is 5. The topological polar surface area (TPSA) is 68.6 Å². The summed E-state index contributed by atoms with van der Waals surface area (Å²) >= 11 is 0. The summed E-state index contributed by atoms with van der Waals surface area (Å²) in [6.07, 6.45) is 6.00. The predicted molar refractivity (Wildman–Crippen MR) is 116 cm³/mol. The normalized spacial score (nSPS) is 25.7. The van der Waals surface area contributed by atoms with Gasteiger partial charge in [0.25, 0.3) is 9.05 Å². The van der Waals surface area contributed by atoms with Gasteiger partial charge in [-0.15, -0.1) is 0 Å². The zero-order valence-electron chi connectivity index (χ0n) is 17.2. The minimum absolute atomic E-state index is 0.0883. The molecule has 160 valence electrons. The van der Waals surface area contributed by atoms with Gasteiger partial charge in [0.1, 0.15) is 5.70 Å². The second kappa shape index (κ2) is 6.84. The van der Waals surface area contributed by atoms with Crippen molar-refractivity contribution in [1.82, 2.24) is 9.47 Å². The zero-order valence-corrected chi connectivity index (χ0v) is 18.7. The molecule has 30 heavy (non-hydrogen) atoms. The molecule has 2 aromatic rings. The largest absolute Gasteiger partial charge is 0.461 e. The van der Waals surface area contributed by atoms with Crippen LogP contribution < -0.4 is 0 Å². The maximum absolute atomic E-state index is 13.0. The van der Waals surface area contributed by atoms with E-state index in [2.05, 4.69) is 17.9 Å². The molecule has 4 heterocycles. The first kappa shape index (κ1) is 20.1. The highest BCUT2D eigenvalue weighted by Gasteiger charge is 2.51. The zero-order chi connectivity index (χ0) is 21.3. The number of hydrogen-bond donors (Lipinski definition) is 0. The van der Waals surface area contributed by atoms with Gasteiger partial charge >= 0.3 is 5.97 Å². The third-order valence-electron chi connectivity index (χ3n) is 7.08. The van der Waals surface area contributed by atoms with Crippen molar-refractivity contribution >= 4 is 42.3 Å². The Morgan fingerprint density at radius 2 is 2.10 bits per heavy atom. The first-order valence-electron chi connectivity index (χ1n) is 10.6. The van der Waals surface area contributed by atoms with Crippen molar-refractivity contribution in [3.8, 4) is 0 Å². The van der Waals surface area contributed by atoms with Crippen molar-refractivity contribution in [2.24, 2.45) is 5.41 Å². The number of carbonyl (C=O) groups is 1. The highest BCUT2D eigenvalue weighted by Crippen LogP contribution is 2.57. The molecular formula is C22H25ClN2O4S. The van der Waals surface area contributed by atoms with E-state index in [9.17, 15) is 13.2 Å². The van der Waals surface area contributed by atoms with Crippen molar-refractivity contribution in [3.63, 3.8) is 0 Å². The summed E-state index contributed by atoms with van der Waals surface area (Å²) in [5, 5.41) is 0.860. The Bertz CT molecular complexity index is 1200. The van der Waals surface area contributed by atoms with Gasteiger partial charge in [0.05, 0.1) is 23.1 Å². The van der Waals surface area contributed by atoms with E-state index in [-0.39, 0.29) is 22.3 Å². The van der Waals surface area contributed by atoms with Crippen LogP contribution in [0.2, 0.25) is 0 Å². The molecule has 3 aliphatic heterocycles. The summed E-state index contributed by atoms with van der Waals surface area (Å²) in [5.41, 5.74) is 3.50. The molecule has 0 radical (unpaired) electrons. The standard InChI is InChI=1S/C22H25ClN2O4S/c1-3-22-9-5-10-24-11-8-15-16-12-14(30(23,27)28)6-7-17(16)25(19(15)20(22)24)18(13-22)21(26)29-4-2/h6-7,12-13,20H,3-5,8-11H2,1-2H3/t20-,22+/m1/s1. The fourth-order valence-electron chi connectivity index (χ4n) is 5.81. The maximum atomic E-state index is 13.0. The Hall–Kier alpha value is -1.83. The molecule has 6 nitrogen and oxygen atoms in total. The highest BCUT2D eigenvalue weighted by molar-refractivity contribution is 8.13. The number of aromatic nitrogens is 1. The monoisotopic (exact) mass is 448 g/mol. The second-order valence-corrected chi connectivity index (χ2v) is 11.0. The van der Waals surface area contributed by atoms with E-state index in [0.29, 0.717) is 12.3 Å². The van der Waals surface area contributed by atoms with Gasteiger partial charge in [0.2, 0.25) is 0 Å². The van der Waals surface area contributed by atoms with Crippen LogP contribution in [0.25, 0.3) is 16.6 Å². The number of piperidine rings is 1. The van der Waals surface area contributed by atoms with E-state index < -0.39 is 9.05 Å². The molecule has 1 aromatic heterocycles. The van der Waals surface area contributed by atoms with Crippen molar-refractivity contribution in [1.29, 1.82) is 0 Å². The van der Waals surface area contributed by atoms with Crippen LogP contribution in [0.1, 0.15) is 50.4 Å². The predicted octanol–water partition coefficient (Wildman–Crippen LogP) is 4.08. The highest BCUT2D eigenvalue weighted by atomic mass is 35.7. The Kier molecular flexibility index (Phi) is 4.58. The molecule has 0 N–H and O–H groups in total. The lowest BCUT2D eigenvalue weighted by Crippen LogP contribution is -2.51. The number of fused-ring (bicyclic) bond motifs is 3. The van der Waals surface area contributed by atoms with Gasteiger partial charge in [0.15, 0.2) is 0 Å². The number of rotatable bonds is 4. The molecule has 5 rings (SSSR count). The summed E-state index contributed by atoms with van der Waals surface area (Å²) < 4.78 is 31.4. The van der Waals surface area contributed by atoms with Crippen LogP contribution in [-0.4, -0.2) is 43.6 Å². The number of halogens is 1. The SMILES string of the molecule is CCOC(=O)C1=C[C@]2(CC)CCCN3CCc4c(n1c1ccc(S(=O)(=O)Cl)cc41)[C@@H]32. The summed E-state index contributed by atoms with van der Waals surface area (Å²) in [4.78, 5) is 15.6. The average Bonchev–Trinajstić information content (AvgIpc) is 3.06. The van der Waals surface area contributed by atoms with Crippen molar-refractivity contribution < 1.29 is 17.9 Å². The van der Waals surface area contributed by atoms with Crippen LogP contribution in [0.4, 0.5) is 0 Å². The minimum Gasteiger partial charge on any atom is -0.461 e. The van der Waals surface area contributed by atoms with Gasteiger partial charge in [-0.25, -0.2) is 13.2 Å². The molecule has 8 heteroatoms. The van der Waals surface area contributed by atoms with Crippen LogP contribution in [0.3, 0.4) is 0 Å². The summed E-state index contributed by atoms with van der Waals surface area (Å²) in [5.74, 6) is -0.333. The molecule has 1 saturated heterocycles. The van der Waals surface area contributed by atoms with Gasteiger partial charge in [0, 0.05) is 33.7 Å². The maximum Gasteiger partial charge on any atom is 0.354 e. The molecule has 0 aliphatic carbocycles. The van der Waals surface area contributed by atoms with E-state index in [4.69, 9.17) is 15.4 Å².